The quantitative estimate of drug-likeness (QED) is 0.670. The van der Waals surface area contributed by atoms with Gasteiger partial charge in [0.25, 0.3) is 0 Å². The molecule has 0 bridgehead atoms. The van der Waals surface area contributed by atoms with Crippen molar-refractivity contribution in [1.29, 1.82) is 0 Å². The molecule has 2 rings (SSSR count). The van der Waals surface area contributed by atoms with Crippen molar-refractivity contribution >= 4 is 29.3 Å². The second-order valence-corrected chi connectivity index (χ2v) is 5.15. The van der Waals surface area contributed by atoms with E-state index < -0.39 is 0 Å². The van der Waals surface area contributed by atoms with Gasteiger partial charge in [0, 0.05) is 23.5 Å². The van der Waals surface area contributed by atoms with Crippen LogP contribution in [0.1, 0.15) is 6.42 Å². The summed E-state index contributed by atoms with van der Waals surface area (Å²) in [6, 6.07) is 7.74. The van der Waals surface area contributed by atoms with Gasteiger partial charge < -0.3 is 4.90 Å². The number of nitrogens with one attached hydrogen (secondary N) is 1. The van der Waals surface area contributed by atoms with Gasteiger partial charge in [0.1, 0.15) is 0 Å². The zero-order valence-corrected chi connectivity index (χ0v) is 11.7. The van der Waals surface area contributed by atoms with E-state index >= 15 is 0 Å². The largest absolute Gasteiger partial charge is 0.312 e. The Bertz CT molecular complexity index is 475. The lowest BCUT2D eigenvalue weighted by Crippen LogP contribution is -2.32. The maximum atomic E-state index is 11.9. The van der Waals surface area contributed by atoms with Gasteiger partial charge in [-0.2, -0.15) is 0 Å². The molecule has 5 nitrogen and oxygen atoms in total. The van der Waals surface area contributed by atoms with Crippen molar-refractivity contribution in [3.8, 4) is 0 Å². The predicted molar refractivity (Wildman–Crippen MR) is 73.8 cm³/mol. The van der Waals surface area contributed by atoms with Crippen molar-refractivity contribution in [2.75, 3.05) is 24.8 Å². The fourth-order valence-corrected chi connectivity index (χ4v) is 2.49. The minimum Gasteiger partial charge on any atom is -0.312 e. The molecule has 0 saturated carbocycles. The van der Waals surface area contributed by atoms with Crippen LogP contribution in [0.5, 0.6) is 0 Å². The molecule has 1 saturated heterocycles. The first kappa shape index (κ1) is 13.9. The van der Waals surface area contributed by atoms with E-state index in [9.17, 15) is 9.59 Å². The molecule has 1 heterocycles. The number of hydrogen-bond donors (Lipinski definition) is 1. The van der Waals surface area contributed by atoms with E-state index in [2.05, 4.69) is 10.3 Å². The van der Waals surface area contributed by atoms with E-state index in [1.54, 1.807) is 16.7 Å². The Morgan fingerprint density at radius 1 is 1.42 bits per heavy atom. The summed E-state index contributed by atoms with van der Waals surface area (Å²) in [6.07, 6.45) is 2.22. The van der Waals surface area contributed by atoms with Crippen LogP contribution >= 0.6 is 11.8 Å². The number of carbonyl (C=O) groups is 2. The minimum atomic E-state index is -0.354. The first-order valence-electron chi connectivity index (χ1n) is 5.93. The summed E-state index contributed by atoms with van der Waals surface area (Å²) in [5, 5.41) is 0. The smallest absolute Gasteiger partial charge is 0.248 e. The summed E-state index contributed by atoms with van der Waals surface area (Å²) >= 11 is 1.65. The van der Waals surface area contributed by atoms with Crippen LogP contribution in [0.25, 0.3) is 0 Å². The van der Waals surface area contributed by atoms with Crippen LogP contribution in [-0.2, 0) is 14.4 Å². The van der Waals surface area contributed by atoms with Crippen molar-refractivity contribution in [2.45, 2.75) is 11.3 Å². The average molecular weight is 280 g/mol. The minimum absolute atomic E-state index is 0.0341. The van der Waals surface area contributed by atoms with Gasteiger partial charge in [0.15, 0.2) is 0 Å². The number of benzene rings is 1. The first-order valence-corrected chi connectivity index (χ1v) is 7.15. The van der Waals surface area contributed by atoms with Gasteiger partial charge in [-0.05, 0) is 30.5 Å². The highest BCUT2D eigenvalue weighted by molar-refractivity contribution is 7.98. The third kappa shape index (κ3) is 3.08. The van der Waals surface area contributed by atoms with Gasteiger partial charge in [-0.3, -0.25) is 14.4 Å². The number of amides is 2. The van der Waals surface area contributed by atoms with Crippen molar-refractivity contribution in [2.24, 2.45) is 5.92 Å². The molecule has 1 fully saturated rings. The summed E-state index contributed by atoms with van der Waals surface area (Å²) in [7, 11) is 1.38. The van der Waals surface area contributed by atoms with Crippen molar-refractivity contribution in [3.63, 3.8) is 0 Å². The van der Waals surface area contributed by atoms with Crippen LogP contribution in [0.15, 0.2) is 29.2 Å². The topological polar surface area (TPSA) is 58.6 Å². The number of anilines is 1. The molecule has 1 atom stereocenters. The average Bonchev–Trinajstić information content (AvgIpc) is 2.81. The molecular formula is C13H16N2O3S. The fraction of sp³-hybridized carbons (Fsp3) is 0.385. The standard InChI is InChI=1S/C13H16N2O3S/c1-18-14-13(17)9-7-12(16)15(8-9)10-3-5-11(19-2)6-4-10/h3-6,9H,7-8H2,1-2H3,(H,14,17)/t9-/m1/s1. The molecule has 1 aromatic rings. The Morgan fingerprint density at radius 2 is 2.11 bits per heavy atom. The molecule has 6 heteroatoms. The Balaban J connectivity index is 2.08. The Labute approximate surface area is 116 Å². The summed E-state index contributed by atoms with van der Waals surface area (Å²) < 4.78 is 0. The predicted octanol–water partition coefficient (Wildman–Crippen LogP) is 1.44. The summed E-state index contributed by atoms with van der Waals surface area (Å²) in [5.41, 5.74) is 3.11. The second-order valence-electron chi connectivity index (χ2n) is 4.27. The molecule has 1 aliphatic heterocycles. The molecular weight excluding hydrogens is 264 g/mol. The fourth-order valence-electron chi connectivity index (χ4n) is 2.08. The lowest BCUT2D eigenvalue weighted by molar-refractivity contribution is -0.135. The first-order chi connectivity index (χ1) is 9.15. The van der Waals surface area contributed by atoms with Crippen LogP contribution in [0.4, 0.5) is 5.69 Å². The number of thioether (sulfide) groups is 1. The van der Waals surface area contributed by atoms with Gasteiger partial charge in [-0.25, -0.2) is 5.48 Å². The van der Waals surface area contributed by atoms with Crippen LogP contribution in [-0.4, -0.2) is 31.7 Å². The summed E-state index contributed by atoms with van der Waals surface area (Å²) in [4.78, 5) is 31.0. The lowest BCUT2D eigenvalue weighted by atomic mass is 10.1. The number of hydrogen-bond acceptors (Lipinski definition) is 4. The SMILES string of the molecule is CONC(=O)[C@@H]1CC(=O)N(c2ccc(SC)cc2)C1. The third-order valence-corrected chi connectivity index (χ3v) is 3.83. The summed E-state index contributed by atoms with van der Waals surface area (Å²) in [5.74, 6) is -0.639. The van der Waals surface area contributed by atoms with Gasteiger partial charge in [-0.15, -0.1) is 11.8 Å². The van der Waals surface area contributed by atoms with E-state index in [1.165, 1.54) is 7.11 Å². The molecule has 102 valence electrons. The van der Waals surface area contributed by atoms with Crippen LogP contribution in [0.2, 0.25) is 0 Å². The Morgan fingerprint density at radius 3 is 2.68 bits per heavy atom. The molecule has 1 N–H and O–H groups in total. The van der Waals surface area contributed by atoms with Crippen molar-refractivity contribution < 1.29 is 14.4 Å². The Hall–Kier alpha value is -1.53. The van der Waals surface area contributed by atoms with Gasteiger partial charge in [-0.1, -0.05) is 0 Å². The highest BCUT2D eigenvalue weighted by Crippen LogP contribution is 2.27. The van der Waals surface area contributed by atoms with Crippen molar-refractivity contribution in [1.82, 2.24) is 5.48 Å². The van der Waals surface area contributed by atoms with E-state index in [0.29, 0.717) is 6.54 Å². The number of hydroxylamine groups is 1. The van der Waals surface area contributed by atoms with E-state index in [4.69, 9.17) is 0 Å². The van der Waals surface area contributed by atoms with Crippen LogP contribution in [0.3, 0.4) is 0 Å². The van der Waals surface area contributed by atoms with Gasteiger partial charge in [0.05, 0.1) is 13.0 Å². The normalized spacial score (nSPS) is 18.7. The molecule has 2 amide bonds. The number of nitrogens with zero attached hydrogens (tertiary/aromatic N) is 1. The van der Waals surface area contributed by atoms with E-state index in [-0.39, 0.29) is 24.2 Å². The molecule has 0 unspecified atom stereocenters. The molecule has 0 aromatic heterocycles. The highest BCUT2D eigenvalue weighted by atomic mass is 32.2. The molecule has 1 aliphatic rings. The van der Waals surface area contributed by atoms with Gasteiger partial charge >= 0.3 is 0 Å². The molecule has 0 radical (unpaired) electrons. The van der Waals surface area contributed by atoms with E-state index in [1.807, 2.05) is 30.5 Å². The molecule has 19 heavy (non-hydrogen) atoms. The zero-order valence-electron chi connectivity index (χ0n) is 10.9. The number of carbonyl (C=O) groups excluding carboxylic acids is 2. The maximum absolute atomic E-state index is 11.9. The maximum Gasteiger partial charge on any atom is 0.248 e. The lowest BCUT2D eigenvalue weighted by Gasteiger charge is -2.16. The molecule has 0 aliphatic carbocycles. The van der Waals surface area contributed by atoms with E-state index in [0.717, 1.165) is 10.6 Å². The zero-order chi connectivity index (χ0) is 13.8. The molecule has 1 aromatic carbocycles. The van der Waals surface area contributed by atoms with Gasteiger partial charge in [0.2, 0.25) is 11.8 Å². The van der Waals surface area contributed by atoms with Crippen molar-refractivity contribution in [3.05, 3.63) is 24.3 Å². The Kier molecular flexibility index (Phi) is 4.44. The molecule has 0 spiro atoms. The number of rotatable bonds is 4. The monoisotopic (exact) mass is 280 g/mol. The summed E-state index contributed by atoms with van der Waals surface area (Å²) in [6.45, 7) is 0.395. The highest BCUT2D eigenvalue weighted by Gasteiger charge is 2.35. The van der Waals surface area contributed by atoms with Crippen LogP contribution < -0.4 is 10.4 Å². The van der Waals surface area contributed by atoms with Crippen LogP contribution in [0, 0.1) is 5.92 Å². The second kappa shape index (κ2) is 6.08. The third-order valence-electron chi connectivity index (χ3n) is 3.08.